The van der Waals surface area contributed by atoms with E-state index in [9.17, 15) is 9.50 Å². The average Bonchev–Trinajstić information content (AvgIpc) is 3.20. The van der Waals surface area contributed by atoms with Gasteiger partial charge in [-0.2, -0.15) is 0 Å². The summed E-state index contributed by atoms with van der Waals surface area (Å²) in [4.78, 5) is 2.44. The van der Waals surface area contributed by atoms with E-state index in [1.807, 2.05) is 6.07 Å². The van der Waals surface area contributed by atoms with Crippen molar-refractivity contribution < 1.29 is 9.50 Å². The Morgan fingerprint density at radius 2 is 2.00 bits per heavy atom. The maximum absolute atomic E-state index is 13.5. The van der Waals surface area contributed by atoms with E-state index in [-0.39, 0.29) is 5.75 Å². The number of rotatable bonds is 3. The highest BCUT2D eigenvalue weighted by Crippen LogP contribution is 2.45. The molecule has 98 valence electrons. The lowest BCUT2D eigenvalue weighted by molar-refractivity contribution is 0.156. The molecule has 2 N–H and O–H groups in total. The molecule has 1 aromatic rings. The quantitative estimate of drug-likeness (QED) is 0.860. The molecule has 2 aliphatic rings. The second-order valence-electron chi connectivity index (χ2n) is 5.28. The summed E-state index contributed by atoms with van der Waals surface area (Å²) >= 11 is 0. The van der Waals surface area contributed by atoms with Crippen LogP contribution in [0.3, 0.4) is 0 Å². The predicted octanol–water partition coefficient (Wildman–Crippen LogP) is 1.89. The molecule has 0 spiro atoms. The highest BCUT2D eigenvalue weighted by atomic mass is 19.1. The van der Waals surface area contributed by atoms with Crippen molar-refractivity contribution in [3.8, 4) is 5.75 Å². The number of nitrogens with one attached hydrogen (secondary N) is 1. The van der Waals surface area contributed by atoms with Crippen LogP contribution in [-0.4, -0.2) is 36.2 Å². The molecule has 0 unspecified atom stereocenters. The number of phenols is 1. The third-order valence-electron chi connectivity index (χ3n) is 3.93. The van der Waals surface area contributed by atoms with Gasteiger partial charge in [0, 0.05) is 32.2 Å². The van der Waals surface area contributed by atoms with Gasteiger partial charge in [0.25, 0.3) is 0 Å². The number of aromatic hydroxyl groups is 1. The number of halogens is 1. The molecule has 1 aliphatic carbocycles. The van der Waals surface area contributed by atoms with Gasteiger partial charge >= 0.3 is 0 Å². The molecular weight excluding hydrogens is 231 g/mol. The summed E-state index contributed by atoms with van der Waals surface area (Å²) in [7, 11) is 0. The van der Waals surface area contributed by atoms with E-state index in [4.69, 9.17) is 0 Å². The van der Waals surface area contributed by atoms with E-state index in [0.29, 0.717) is 12.0 Å². The van der Waals surface area contributed by atoms with Crippen LogP contribution in [0.15, 0.2) is 18.2 Å². The Bertz CT molecular complexity index is 428. The maximum atomic E-state index is 13.5. The predicted molar refractivity (Wildman–Crippen MR) is 68.0 cm³/mol. The molecule has 18 heavy (non-hydrogen) atoms. The smallest absolute Gasteiger partial charge is 0.165 e. The first-order chi connectivity index (χ1) is 8.75. The first-order valence-corrected chi connectivity index (χ1v) is 6.69. The molecular formula is C14H19FN2O. The number of phenolic OH excluding ortho intramolecular Hbond substituents is 1. The zero-order chi connectivity index (χ0) is 12.5. The van der Waals surface area contributed by atoms with Gasteiger partial charge in [0.2, 0.25) is 0 Å². The number of benzene rings is 1. The van der Waals surface area contributed by atoms with Crippen LogP contribution in [0.25, 0.3) is 0 Å². The average molecular weight is 250 g/mol. The van der Waals surface area contributed by atoms with Gasteiger partial charge in [0.1, 0.15) is 0 Å². The monoisotopic (exact) mass is 250 g/mol. The molecule has 0 bridgehead atoms. The number of hydrogen-bond donors (Lipinski definition) is 2. The van der Waals surface area contributed by atoms with Crippen LogP contribution in [0.4, 0.5) is 4.39 Å². The minimum Gasteiger partial charge on any atom is -0.505 e. The fraction of sp³-hybridized carbons (Fsp3) is 0.571. The normalized spacial score (nSPS) is 22.9. The van der Waals surface area contributed by atoms with Crippen molar-refractivity contribution in [2.45, 2.75) is 18.9 Å². The van der Waals surface area contributed by atoms with Crippen molar-refractivity contribution in [1.82, 2.24) is 10.2 Å². The first-order valence-electron chi connectivity index (χ1n) is 6.69. The molecule has 3 rings (SSSR count). The zero-order valence-corrected chi connectivity index (χ0v) is 10.4. The van der Waals surface area contributed by atoms with E-state index in [2.05, 4.69) is 10.2 Å². The second-order valence-corrected chi connectivity index (χ2v) is 5.28. The summed E-state index contributed by atoms with van der Waals surface area (Å²) < 4.78 is 13.5. The van der Waals surface area contributed by atoms with Gasteiger partial charge in [0.05, 0.1) is 0 Å². The topological polar surface area (TPSA) is 35.5 Å². The molecule has 0 radical (unpaired) electrons. The summed E-state index contributed by atoms with van der Waals surface area (Å²) in [5.74, 6) is -0.103. The number of piperazine rings is 1. The van der Waals surface area contributed by atoms with Crippen molar-refractivity contribution in [2.75, 3.05) is 26.2 Å². The van der Waals surface area contributed by atoms with Crippen LogP contribution >= 0.6 is 0 Å². The van der Waals surface area contributed by atoms with Crippen LogP contribution in [-0.2, 0) is 0 Å². The Hall–Kier alpha value is -1.13. The lowest BCUT2D eigenvalue weighted by atomic mass is 9.99. The first kappa shape index (κ1) is 11.9. The molecule has 1 aromatic carbocycles. The van der Waals surface area contributed by atoms with Crippen molar-refractivity contribution in [3.05, 3.63) is 29.6 Å². The van der Waals surface area contributed by atoms with Gasteiger partial charge in [-0.1, -0.05) is 6.07 Å². The summed E-state index contributed by atoms with van der Waals surface area (Å²) in [6.07, 6.45) is 2.47. The molecule has 1 saturated carbocycles. The third kappa shape index (κ3) is 2.35. The molecule has 2 fully saturated rings. The maximum Gasteiger partial charge on any atom is 0.165 e. The van der Waals surface area contributed by atoms with Crippen LogP contribution in [0.5, 0.6) is 5.75 Å². The van der Waals surface area contributed by atoms with E-state index >= 15 is 0 Å². The van der Waals surface area contributed by atoms with Crippen molar-refractivity contribution in [3.63, 3.8) is 0 Å². The van der Waals surface area contributed by atoms with Crippen molar-refractivity contribution >= 4 is 0 Å². The summed E-state index contributed by atoms with van der Waals surface area (Å²) in [6, 6.07) is 5.16. The van der Waals surface area contributed by atoms with Crippen LogP contribution in [0.2, 0.25) is 0 Å². The molecule has 3 nitrogen and oxygen atoms in total. The number of hydrogen-bond acceptors (Lipinski definition) is 3. The van der Waals surface area contributed by atoms with E-state index in [0.717, 1.165) is 31.7 Å². The molecule has 1 atom stereocenters. The van der Waals surface area contributed by atoms with Gasteiger partial charge in [0.15, 0.2) is 11.6 Å². The molecule has 0 amide bonds. The van der Waals surface area contributed by atoms with Crippen LogP contribution in [0, 0.1) is 11.7 Å². The van der Waals surface area contributed by atoms with Gasteiger partial charge in [-0.25, -0.2) is 4.39 Å². The van der Waals surface area contributed by atoms with Gasteiger partial charge in [-0.05, 0) is 36.5 Å². The van der Waals surface area contributed by atoms with Crippen LogP contribution < -0.4 is 5.32 Å². The zero-order valence-electron chi connectivity index (χ0n) is 10.4. The molecule has 4 heteroatoms. The standard InChI is InChI=1S/C14H19FN2O/c15-12-9-11(3-4-13(12)18)14(10-1-2-10)17-7-5-16-6-8-17/h3-4,9-10,14,16,18H,1-2,5-8H2/t14-/m0/s1. The van der Waals surface area contributed by atoms with E-state index in [1.165, 1.54) is 25.0 Å². The van der Waals surface area contributed by atoms with E-state index in [1.54, 1.807) is 0 Å². The van der Waals surface area contributed by atoms with Crippen molar-refractivity contribution in [1.29, 1.82) is 0 Å². The highest BCUT2D eigenvalue weighted by Gasteiger charge is 2.36. The Balaban J connectivity index is 1.85. The fourth-order valence-corrected chi connectivity index (χ4v) is 2.86. The molecule has 0 aromatic heterocycles. The van der Waals surface area contributed by atoms with Gasteiger partial charge < -0.3 is 10.4 Å². The van der Waals surface area contributed by atoms with Gasteiger partial charge in [-0.15, -0.1) is 0 Å². The van der Waals surface area contributed by atoms with Gasteiger partial charge in [-0.3, -0.25) is 4.90 Å². The van der Waals surface area contributed by atoms with Crippen molar-refractivity contribution in [2.24, 2.45) is 5.92 Å². The van der Waals surface area contributed by atoms with Crippen LogP contribution in [0.1, 0.15) is 24.4 Å². The second kappa shape index (κ2) is 4.86. The molecule has 1 heterocycles. The lowest BCUT2D eigenvalue weighted by Crippen LogP contribution is -2.45. The highest BCUT2D eigenvalue weighted by molar-refractivity contribution is 5.31. The number of nitrogens with zero attached hydrogens (tertiary/aromatic N) is 1. The summed E-state index contributed by atoms with van der Waals surface area (Å²) in [5, 5.41) is 12.6. The van der Waals surface area contributed by atoms with E-state index < -0.39 is 5.82 Å². The summed E-state index contributed by atoms with van der Waals surface area (Å²) in [5.41, 5.74) is 1.01. The largest absolute Gasteiger partial charge is 0.505 e. The fourth-order valence-electron chi connectivity index (χ4n) is 2.86. The Morgan fingerprint density at radius 3 is 2.61 bits per heavy atom. The Morgan fingerprint density at radius 1 is 1.28 bits per heavy atom. The SMILES string of the molecule is Oc1ccc([C@H](C2CC2)N2CCNCC2)cc1F. The minimum atomic E-state index is -0.506. The third-order valence-corrected chi connectivity index (χ3v) is 3.93. The Kier molecular flexibility index (Phi) is 3.22. The molecule has 1 aliphatic heterocycles. The lowest BCUT2D eigenvalue weighted by Gasteiger charge is -2.35. The molecule has 1 saturated heterocycles. The Labute approximate surface area is 107 Å². The summed E-state index contributed by atoms with van der Waals surface area (Å²) in [6.45, 7) is 4.04. The minimum absolute atomic E-state index is 0.256.